The Morgan fingerprint density at radius 3 is 2.85 bits per heavy atom. The Morgan fingerprint density at radius 1 is 1.30 bits per heavy atom. The average molecular weight is 452 g/mol. The number of hydrogen-bond acceptors (Lipinski definition) is 10. The molecule has 0 saturated carbocycles. The third-order valence-electron chi connectivity index (χ3n) is 4.61. The maximum absolute atomic E-state index is 12.1. The molecule has 0 spiro atoms. The Labute approximate surface area is 190 Å². The molecule has 0 unspecified atom stereocenters. The number of nitriles is 1. The number of rotatable bonds is 10. The first-order valence-electron chi connectivity index (χ1n) is 10.3. The zero-order chi connectivity index (χ0) is 23.6. The first kappa shape index (κ1) is 23.6. The maximum atomic E-state index is 12.1. The van der Waals surface area contributed by atoms with Crippen molar-refractivity contribution in [1.29, 1.82) is 5.26 Å². The highest BCUT2D eigenvalue weighted by atomic mass is 16.5. The third kappa shape index (κ3) is 6.03. The van der Waals surface area contributed by atoms with E-state index in [2.05, 4.69) is 26.7 Å². The molecule has 33 heavy (non-hydrogen) atoms. The number of benzene rings is 1. The number of imide groups is 1. The van der Waals surface area contributed by atoms with Gasteiger partial charge in [0.1, 0.15) is 24.9 Å². The molecule has 0 bridgehead atoms. The van der Waals surface area contributed by atoms with Crippen LogP contribution in [0.1, 0.15) is 19.0 Å². The number of carbonyl (C=O) groups is 2. The van der Waals surface area contributed by atoms with Gasteiger partial charge in [0.25, 0.3) is 11.8 Å². The molecule has 11 nitrogen and oxygen atoms in total. The van der Waals surface area contributed by atoms with Crippen molar-refractivity contribution in [2.75, 3.05) is 43.5 Å². The van der Waals surface area contributed by atoms with Gasteiger partial charge >= 0.3 is 0 Å². The second-order valence-corrected chi connectivity index (χ2v) is 6.82. The SMILES string of the molecule is CCOCC(=O)N(CCCNc1nccc(/C(C#N)=C2/Nc3ccccc3O2)n1)C(=O)CO. The molecular weight excluding hydrogens is 428 g/mol. The molecule has 2 aromatic rings. The topological polar surface area (TPSA) is 150 Å². The maximum Gasteiger partial charge on any atom is 0.255 e. The molecule has 0 atom stereocenters. The van der Waals surface area contributed by atoms with Gasteiger partial charge < -0.3 is 25.2 Å². The molecule has 11 heteroatoms. The number of aliphatic hydroxyl groups is 1. The summed E-state index contributed by atoms with van der Waals surface area (Å²) < 4.78 is 10.8. The van der Waals surface area contributed by atoms with Crippen LogP contribution in [0.3, 0.4) is 0 Å². The highest BCUT2D eigenvalue weighted by Gasteiger charge is 2.22. The van der Waals surface area contributed by atoms with Crippen molar-refractivity contribution < 1.29 is 24.2 Å². The number of nitrogens with zero attached hydrogens (tertiary/aromatic N) is 4. The minimum Gasteiger partial charge on any atom is -0.437 e. The van der Waals surface area contributed by atoms with Crippen molar-refractivity contribution in [2.24, 2.45) is 0 Å². The lowest BCUT2D eigenvalue weighted by Gasteiger charge is -2.20. The number of allylic oxidation sites excluding steroid dienone is 1. The van der Waals surface area contributed by atoms with Crippen molar-refractivity contribution in [2.45, 2.75) is 13.3 Å². The van der Waals surface area contributed by atoms with Crippen LogP contribution in [0.4, 0.5) is 11.6 Å². The van der Waals surface area contributed by atoms with Gasteiger partial charge in [0.05, 0.1) is 11.4 Å². The molecule has 1 aliphatic rings. The van der Waals surface area contributed by atoms with Gasteiger partial charge in [-0.1, -0.05) is 12.1 Å². The van der Waals surface area contributed by atoms with Gasteiger partial charge in [-0.2, -0.15) is 5.26 Å². The first-order chi connectivity index (χ1) is 16.1. The molecule has 1 aromatic heterocycles. The molecule has 3 N–H and O–H groups in total. The van der Waals surface area contributed by atoms with E-state index in [1.807, 2.05) is 18.2 Å². The molecule has 172 valence electrons. The van der Waals surface area contributed by atoms with Gasteiger partial charge in [-0.3, -0.25) is 14.5 Å². The highest BCUT2D eigenvalue weighted by Crippen LogP contribution is 2.35. The van der Waals surface area contributed by atoms with E-state index in [-0.39, 0.29) is 30.6 Å². The molecule has 1 aromatic carbocycles. The number of nitrogens with one attached hydrogen (secondary N) is 2. The molecular formula is C22H24N6O5. The van der Waals surface area contributed by atoms with Gasteiger partial charge in [0.2, 0.25) is 11.8 Å². The number of para-hydroxylation sites is 2. The van der Waals surface area contributed by atoms with E-state index in [0.717, 1.165) is 10.6 Å². The third-order valence-corrected chi connectivity index (χ3v) is 4.61. The molecule has 0 radical (unpaired) electrons. The summed E-state index contributed by atoms with van der Waals surface area (Å²) in [5, 5.41) is 24.8. The number of aromatic nitrogens is 2. The first-order valence-corrected chi connectivity index (χ1v) is 10.3. The molecule has 2 heterocycles. The van der Waals surface area contributed by atoms with Crippen LogP contribution in [0.25, 0.3) is 5.57 Å². The van der Waals surface area contributed by atoms with E-state index < -0.39 is 18.4 Å². The largest absolute Gasteiger partial charge is 0.437 e. The molecule has 1 aliphatic heterocycles. The normalized spacial score (nSPS) is 13.2. The van der Waals surface area contributed by atoms with Crippen LogP contribution in [0.5, 0.6) is 5.75 Å². The minimum atomic E-state index is -0.762. The molecule has 0 aliphatic carbocycles. The number of amides is 2. The lowest BCUT2D eigenvalue weighted by atomic mass is 10.2. The van der Waals surface area contributed by atoms with E-state index in [9.17, 15) is 14.9 Å². The van der Waals surface area contributed by atoms with Crippen LogP contribution in [0.2, 0.25) is 0 Å². The molecule has 2 amide bonds. The fourth-order valence-corrected chi connectivity index (χ4v) is 3.02. The predicted molar refractivity (Wildman–Crippen MR) is 119 cm³/mol. The number of anilines is 2. The summed E-state index contributed by atoms with van der Waals surface area (Å²) in [6.07, 6.45) is 1.90. The van der Waals surface area contributed by atoms with Crippen molar-refractivity contribution in [3.8, 4) is 11.8 Å². The zero-order valence-electron chi connectivity index (χ0n) is 18.1. The van der Waals surface area contributed by atoms with Crippen LogP contribution in [0, 0.1) is 11.3 Å². The van der Waals surface area contributed by atoms with Crippen LogP contribution >= 0.6 is 0 Å². The standard InChI is InChI=1S/C22H24N6O5/c1-2-32-14-20(31)28(19(30)13-29)11-5-9-24-22-25-10-8-16(27-22)15(12-23)21-26-17-6-3-4-7-18(17)33-21/h3-4,6-8,10,26,29H,2,5,9,11,13-14H2,1H3,(H,24,25,27)/b21-15-. The summed E-state index contributed by atoms with van der Waals surface area (Å²) in [6, 6.07) is 11.0. The van der Waals surface area contributed by atoms with Crippen molar-refractivity contribution >= 4 is 29.0 Å². The van der Waals surface area contributed by atoms with Crippen LogP contribution in [-0.4, -0.2) is 64.7 Å². The number of aliphatic hydroxyl groups excluding tert-OH is 1. The van der Waals surface area contributed by atoms with Crippen molar-refractivity contribution in [3.05, 3.63) is 48.1 Å². The van der Waals surface area contributed by atoms with Gasteiger partial charge in [-0.05, 0) is 31.5 Å². The Morgan fingerprint density at radius 2 is 2.12 bits per heavy atom. The predicted octanol–water partition coefficient (Wildman–Crippen LogP) is 1.36. The van der Waals surface area contributed by atoms with Crippen LogP contribution < -0.4 is 15.4 Å². The molecule has 0 saturated heterocycles. The Bertz CT molecular complexity index is 1050. The van der Waals surface area contributed by atoms with Gasteiger partial charge in [0.15, 0.2) is 5.75 Å². The highest BCUT2D eigenvalue weighted by molar-refractivity contribution is 5.96. The van der Waals surface area contributed by atoms with Gasteiger partial charge in [-0.25, -0.2) is 9.97 Å². The smallest absolute Gasteiger partial charge is 0.255 e. The lowest BCUT2D eigenvalue weighted by Crippen LogP contribution is -2.42. The van der Waals surface area contributed by atoms with Crippen LogP contribution in [0.15, 0.2) is 42.4 Å². The monoisotopic (exact) mass is 452 g/mol. The second kappa shape index (κ2) is 11.6. The molecule has 3 rings (SSSR count). The van der Waals surface area contributed by atoms with E-state index in [0.29, 0.717) is 31.0 Å². The van der Waals surface area contributed by atoms with Crippen LogP contribution in [-0.2, 0) is 14.3 Å². The van der Waals surface area contributed by atoms with E-state index >= 15 is 0 Å². The summed E-state index contributed by atoms with van der Waals surface area (Å²) in [7, 11) is 0. The Kier molecular flexibility index (Phi) is 8.29. The molecule has 0 fully saturated rings. The lowest BCUT2D eigenvalue weighted by molar-refractivity contribution is -0.149. The zero-order valence-corrected chi connectivity index (χ0v) is 18.1. The van der Waals surface area contributed by atoms with Gasteiger partial charge in [0, 0.05) is 25.9 Å². The summed E-state index contributed by atoms with van der Waals surface area (Å²) in [4.78, 5) is 33.4. The number of ether oxygens (including phenoxy) is 2. The minimum absolute atomic E-state index is 0.0987. The number of carbonyl (C=O) groups excluding carboxylic acids is 2. The quantitative estimate of drug-likeness (QED) is 0.356. The Hall–Kier alpha value is -4.01. The average Bonchev–Trinajstić information content (AvgIpc) is 3.26. The van der Waals surface area contributed by atoms with Crippen molar-refractivity contribution in [3.63, 3.8) is 0 Å². The fourth-order valence-electron chi connectivity index (χ4n) is 3.02. The fraction of sp³-hybridized carbons (Fsp3) is 0.318. The number of fused-ring (bicyclic) bond motifs is 1. The summed E-state index contributed by atoms with van der Waals surface area (Å²) in [5.41, 5.74) is 1.35. The van der Waals surface area contributed by atoms with E-state index in [1.165, 1.54) is 6.20 Å². The van der Waals surface area contributed by atoms with E-state index in [1.54, 1.807) is 19.1 Å². The summed E-state index contributed by atoms with van der Waals surface area (Å²) in [6.45, 7) is 1.54. The second-order valence-electron chi connectivity index (χ2n) is 6.82. The summed E-state index contributed by atoms with van der Waals surface area (Å²) in [5.74, 6) is -0.0160. The number of hydrogen-bond donors (Lipinski definition) is 3. The summed E-state index contributed by atoms with van der Waals surface area (Å²) >= 11 is 0. The van der Waals surface area contributed by atoms with Gasteiger partial charge in [-0.15, -0.1) is 0 Å². The Balaban J connectivity index is 1.61. The van der Waals surface area contributed by atoms with E-state index in [4.69, 9.17) is 14.6 Å². The van der Waals surface area contributed by atoms with Crippen molar-refractivity contribution in [1.82, 2.24) is 14.9 Å².